The van der Waals surface area contributed by atoms with Crippen molar-refractivity contribution >= 4 is 5.78 Å². The molecular formula is C15H16N4O. The van der Waals surface area contributed by atoms with E-state index in [-0.39, 0.29) is 5.78 Å². The number of hydrogen-bond acceptors (Lipinski definition) is 4. The zero-order chi connectivity index (χ0) is 14.9. The zero-order valence-corrected chi connectivity index (χ0v) is 11.8. The SMILES string of the molecule is C=C.CN=c1nc2c(nn1C)C(=O)c1cc(C)ccc1-2. The van der Waals surface area contributed by atoms with E-state index in [4.69, 9.17) is 0 Å². The summed E-state index contributed by atoms with van der Waals surface area (Å²) in [5, 5.41) is 4.26. The summed E-state index contributed by atoms with van der Waals surface area (Å²) in [6.45, 7) is 7.96. The highest BCUT2D eigenvalue weighted by Gasteiger charge is 2.30. The molecule has 20 heavy (non-hydrogen) atoms. The Morgan fingerprint density at radius 1 is 1.20 bits per heavy atom. The van der Waals surface area contributed by atoms with Gasteiger partial charge < -0.3 is 0 Å². The van der Waals surface area contributed by atoms with Gasteiger partial charge in [0.25, 0.3) is 0 Å². The highest BCUT2D eigenvalue weighted by atomic mass is 16.1. The Hall–Kier alpha value is -2.56. The fourth-order valence-electron chi connectivity index (χ4n) is 2.18. The molecule has 0 amide bonds. The highest BCUT2D eigenvalue weighted by molar-refractivity contribution is 6.19. The fraction of sp³-hybridized carbons (Fsp3) is 0.200. The molecule has 0 atom stereocenters. The van der Waals surface area contributed by atoms with Crippen molar-refractivity contribution in [1.82, 2.24) is 14.8 Å². The van der Waals surface area contributed by atoms with Gasteiger partial charge in [0.05, 0.1) is 0 Å². The second kappa shape index (κ2) is 5.21. The van der Waals surface area contributed by atoms with Crippen molar-refractivity contribution in [3.05, 3.63) is 53.8 Å². The minimum absolute atomic E-state index is 0.0607. The first-order valence-corrected chi connectivity index (χ1v) is 6.15. The molecule has 2 aromatic rings. The summed E-state index contributed by atoms with van der Waals surface area (Å²) in [4.78, 5) is 20.7. The quantitative estimate of drug-likeness (QED) is 0.583. The van der Waals surface area contributed by atoms with E-state index in [1.54, 1.807) is 14.1 Å². The average Bonchev–Trinajstić information content (AvgIpc) is 2.73. The summed E-state index contributed by atoms with van der Waals surface area (Å²) in [6, 6.07) is 5.77. The van der Waals surface area contributed by atoms with Gasteiger partial charge in [-0.1, -0.05) is 17.7 Å². The third-order valence-corrected chi connectivity index (χ3v) is 3.07. The van der Waals surface area contributed by atoms with Crippen LogP contribution in [-0.4, -0.2) is 27.6 Å². The topological polar surface area (TPSA) is 60.1 Å². The van der Waals surface area contributed by atoms with E-state index in [9.17, 15) is 4.79 Å². The van der Waals surface area contributed by atoms with Gasteiger partial charge in [-0.15, -0.1) is 13.2 Å². The molecule has 0 saturated heterocycles. The molecule has 0 radical (unpaired) electrons. The second-order valence-electron chi connectivity index (χ2n) is 4.33. The molecule has 1 aliphatic rings. The predicted octanol–water partition coefficient (Wildman–Crippen LogP) is 1.67. The monoisotopic (exact) mass is 268 g/mol. The average molecular weight is 268 g/mol. The first-order valence-electron chi connectivity index (χ1n) is 6.15. The molecule has 1 aliphatic carbocycles. The van der Waals surface area contributed by atoms with Crippen LogP contribution in [0.4, 0.5) is 0 Å². The van der Waals surface area contributed by atoms with Crippen LogP contribution in [0.2, 0.25) is 0 Å². The smallest absolute Gasteiger partial charge is 0.241 e. The van der Waals surface area contributed by atoms with E-state index in [1.807, 2.05) is 25.1 Å². The standard InChI is InChI=1S/C13H12N4O.C2H4/c1-7-4-5-8-9(6-7)12(18)11-10(8)15-13(14-2)17(3)16-11;1-2/h4-6H,1-3H3;1-2H2. The van der Waals surface area contributed by atoms with E-state index in [0.717, 1.165) is 11.1 Å². The van der Waals surface area contributed by atoms with Crippen LogP contribution < -0.4 is 5.62 Å². The minimum atomic E-state index is -0.0607. The summed E-state index contributed by atoms with van der Waals surface area (Å²) in [7, 11) is 3.39. The normalized spacial score (nSPS) is 12.6. The summed E-state index contributed by atoms with van der Waals surface area (Å²) >= 11 is 0. The van der Waals surface area contributed by atoms with E-state index in [1.165, 1.54) is 4.68 Å². The molecule has 0 fully saturated rings. The van der Waals surface area contributed by atoms with Crippen molar-refractivity contribution in [2.75, 3.05) is 7.05 Å². The van der Waals surface area contributed by atoms with Crippen molar-refractivity contribution in [3.8, 4) is 11.3 Å². The fourth-order valence-corrected chi connectivity index (χ4v) is 2.18. The van der Waals surface area contributed by atoms with Crippen LogP contribution in [0.5, 0.6) is 0 Å². The first kappa shape index (κ1) is 13.9. The maximum Gasteiger partial charge on any atom is 0.241 e. The Balaban J connectivity index is 0.000000704. The number of ketones is 1. The largest absolute Gasteiger partial charge is 0.287 e. The number of carbonyl (C=O) groups is 1. The zero-order valence-electron chi connectivity index (χ0n) is 11.8. The van der Waals surface area contributed by atoms with E-state index < -0.39 is 0 Å². The summed E-state index contributed by atoms with van der Waals surface area (Å²) in [5.41, 5.74) is 4.13. The summed E-state index contributed by atoms with van der Waals surface area (Å²) in [6.07, 6.45) is 0. The molecule has 0 N–H and O–H groups in total. The Kier molecular flexibility index (Phi) is 3.61. The Morgan fingerprint density at radius 2 is 1.90 bits per heavy atom. The van der Waals surface area contributed by atoms with Crippen LogP contribution in [0.1, 0.15) is 21.6 Å². The molecule has 0 unspecified atom stereocenters. The van der Waals surface area contributed by atoms with Gasteiger partial charge in [-0.25, -0.2) is 9.67 Å². The number of aryl methyl sites for hydroxylation is 2. The molecule has 0 aliphatic heterocycles. The van der Waals surface area contributed by atoms with Gasteiger partial charge in [-0.3, -0.25) is 9.79 Å². The molecule has 0 saturated carbocycles. The van der Waals surface area contributed by atoms with Crippen LogP contribution in [0.3, 0.4) is 0 Å². The highest BCUT2D eigenvalue weighted by Crippen LogP contribution is 2.33. The second-order valence-corrected chi connectivity index (χ2v) is 4.33. The lowest BCUT2D eigenvalue weighted by Gasteiger charge is -2.01. The third kappa shape index (κ3) is 1.97. The van der Waals surface area contributed by atoms with Crippen LogP contribution in [0, 0.1) is 6.92 Å². The van der Waals surface area contributed by atoms with Crippen molar-refractivity contribution in [2.24, 2.45) is 12.0 Å². The van der Waals surface area contributed by atoms with Gasteiger partial charge in [0, 0.05) is 25.2 Å². The van der Waals surface area contributed by atoms with Gasteiger partial charge >= 0.3 is 0 Å². The lowest BCUT2D eigenvalue weighted by atomic mass is 10.1. The molecule has 0 bridgehead atoms. The summed E-state index contributed by atoms with van der Waals surface area (Å²) in [5.74, 6) is -0.0607. The maximum atomic E-state index is 12.2. The van der Waals surface area contributed by atoms with Crippen LogP contribution in [0.15, 0.2) is 36.3 Å². The lowest BCUT2D eigenvalue weighted by Crippen LogP contribution is -2.26. The summed E-state index contributed by atoms with van der Waals surface area (Å²) < 4.78 is 1.52. The number of benzene rings is 1. The van der Waals surface area contributed by atoms with Crippen molar-refractivity contribution in [1.29, 1.82) is 0 Å². The van der Waals surface area contributed by atoms with Crippen LogP contribution in [0.25, 0.3) is 11.3 Å². The lowest BCUT2D eigenvalue weighted by molar-refractivity contribution is 0.103. The Bertz CT molecular complexity index is 759. The van der Waals surface area contributed by atoms with Crippen molar-refractivity contribution < 1.29 is 4.79 Å². The number of nitrogens with zero attached hydrogens (tertiary/aromatic N) is 4. The Morgan fingerprint density at radius 3 is 2.55 bits per heavy atom. The maximum absolute atomic E-state index is 12.2. The molecule has 3 rings (SSSR count). The van der Waals surface area contributed by atoms with Gasteiger partial charge in [-0.05, 0) is 13.0 Å². The number of carbonyl (C=O) groups excluding carboxylic acids is 1. The van der Waals surface area contributed by atoms with Crippen molar-refractivity contribution in [2.45, 2.75) is 6.92 Å². The molecule has 1 aromatic carbocycles. The van der Waals surface area contributed by atoms with Crippen LogP contribution in [-0.2, 0) is 7.05 Å². The number of rotatable bonds is 0. The molecule has 5 heteroatoms. The van der Waals surface area contributed by atoms with E-state index >= 15 is 0 Å². The molecule has 5 nitrogen and oxygen atoms in total. The Labute approximate surface area is 117 Å². The third-order valence-electron chi connectivity index (χ3n) is 3.07. The number of fused-ring (bicyclic) bond motifs is 3. The van der Waals surface area contributed by atoms with E-state index in [2.05, 4.69) is 28.2 Å². The number of hydrogen-bond donors (Lipinski definition) is 0. The van der Waals surface area contributed by atoms with Gasteiger partial charge in [-0.2, -0.15) is 5.10 Å². The molecule has 0 spiro atoms. The van der Waals surface area contributed by atoms with Crippen molar-refractivity contribution in [3.63, 3.8) is 0 Å². The molecule has 102 valence electrons. The van der Waals surface area contributed by atoms with Gasteiger partial charge in [0.1, 0.15) is 5.69 Å². The molecule has 1 heterocycles. The van der Waals surface area contributed by atoms with Crippen LogP contribution >= 0.6 is 0 Å². The predicted molar refractivity (Wildman–Crippen MR) is 77.3 cm³/mol. The minimum Gasteiger partial charge on any atom is -0.287 e. The molecule has 1 aromatic heterocycles. The van der Waals surface area contributed by atoms with Gasteiger partial charge in [0.15, 0.2) is 5.69 Å². The molecular weight excluding hydrogens is 252 g/mol. The van der Waals surface area contributed by atoms with E-state index in [0.29, 0.717) is 22.6 Å². The number of aromatic nitrogens is 3. The first-order chi connectivity index (χ1) is 9.61. The van der Waals surface area contributed by atoms with Gasteiger partial charge in [0.2, 0.25) is 11.4 Å².